The summed E-state index contributed by atoms with van der Waals surface area (Å²) in [4.78, 5) is 29.3. The highest BCUT2D eigenvalue weighted by atomic mass is 35.5. The quantitative estimate of drug-likeness (QED) is 0.401. The van der Waals surface area contributed by atoms with Crippen molar-refractivity contribution in [3.05, 3.63) is 76.4 Å². The van der Waals surface area contributed by atoms with Gasteiger partial charge in [0.25, 0.3) is 5.91 Å². The van der Waals surface area contributed by atoms with E-state index < -0.39 is 0 Å². The average Bonchev–Trinajstić information content (AvgIpc) is 3.17. The van der Waals surface area contributed by atoms with Gasteiger partial charge >= 0.3 is 0 Å². The van der Waals surface area contributed by atoms with Gasteiger partial charge in [-0.05, 0) is 55.3 Å². The van der Waals surface area contributed by atoms with Crippen LogP contribution in [0.15, 0.2) is 57.9 Å². The largest absolute Gasteiger partial charge is 0.339 e. The second-order valence-electron chi connectivity index (χ2n) is 6.53. The summed E-state index contributed by atoms with van der Waals surface area (Å²) in [7, 11) is 0. The number of hydrogen-bond acceptors (Lipinski definition) is 6. The zero-order valence-electron chi connectivity index (χ0n) is 16.4. The second kappa shape index (κ2) is 10.8. The number of carbonyl (C=O) groups excluding carboxylic acids is 2. The monoisotopic (exact) mass is 444 g/mol. The number of hydrazine groups is 1. The highest BCUT2D eigenvalue weighted by Gasteiger charge is 2.09. The number of nitrogens with one attached hydrogen (secondary N) is 2. The van der Waals surface area contributed by atoms with E-state index in [2.05, 4.69) is 21.0 Å². The number of nitrogens with zero attached hydrogens (tertiary/aromatic N) is 2. The summed E-state index contributed by atoms with van der Waals surface area (Å²) >= 11 is 7.58. The lowest BCUT2D eigenvalue weighted by Gasteiger charge is -2.08. The number of thioether (sulfide) groups is 1. The zero-order chi connectivity index (χ0) is 21.3. The Bertz CT molecular complexity index is 990. The van der Waals surface area contributed by atoms with Gasteiger partial charge in [-0.2, -0.15) is 4.98 Å². The van der Waals surface area contributed by atoms with E-state index in [0.717, 1.165) is 16.2 Å². The average molecular weight is 445 g/mol. The van der Waals surface area contributed by atoms with Crippen molar-refractivity contribution in [2.45, 2.75) is 36.8 Å². The minimum Gasteiger partial charge on any atom is -0.339 e. The highest BCUT2D eigenvalue weighted by molar-refractivity contribution is 7.98. The third kappa shape index (κ3) is 6.89. The first-order valence-corrected chi connectivity index (χ1v) is 10.7. The number of amides is 2. The van der Waals surface area contributed by atoms with Gasteiger partial charge in [0, 0.05) is 34.1 Å². The fraction of sp³-hybridized carbons (Fsp3) is 0.238. The molecule has 156 valence electrons. The number of halogens is 1. The number of hydrogen-bond donors (Lipinski definition) is 2. The zero-order valence-corrected chi connectivity index (χ0v) is 17.9. The summed E-state index contributed by atoms with van der Waals surface area (Å²) in [6.07, 6.45) is 1.30. The molecule has 0 fully saturated rings. The third-order valence-corrected chi connectivity index (χ3v) is 5.45. The van der Waals surface area contributed by atoms with E-state index in [4.69, 9.17) is 16.1 Å². The van der Waals surface area contributed by atoms with Gasteiger partial charge in [-0.1, -0.05) is 28.9 Å². The van der Waals surface area contributed by atoms with Crippen molar-refractivity contribution in [2.75, 3.05) is 0 Å². The molecule has 0 saturated heterocycles. The first-order chi connectivity index (χ1) is 14.5. The van der Waals surface area contributed by atoms with Gasteiger partial charge in [-0.25, -0.2) is 0 Å². The molecule has 0 aliphatic carbocycles. The SMILES string of the molecule is Cc1noc(CCCC(=O)NNC(=O)c2ccc(CSc3ccc(Cl)cc3)cc2)n1. The molecule has 3 aromatic rings. The van der Waals surface area contributed by atoms with Crippen LogP contribution in [0.5, 0.6) is 0 Å². The topological polar surface area (TPSA) is 97.1 Å². The number of aromatic nitrogens is 2. The van der Waals surface area contributed by atoms with Crippen molar-refractivity contribution < 1.29 is 14.1 Å². The van der Waals surface area contributed by atoms with E-state index in [-0.39, 0.29) is 18.2 Å². The van der Waals surface area contributed by atoms with Crippen molar-refractivity contribution in [1.82, 2.24) is 21.0 Å². The maximum atomic E-state index is 12.2. The van der Waals surface area contributed by atoms with Crippen LogP contribution in [0.25, 0.3) is 0 Å². The van der Waals surface area contributed by atoms with E-state index in [1.807, 2.05) is 36.4 Å². The smallest absolute Gasteiger partial charge is 0.269 e. The number of benzene rings is 2. The van der Waals surface area contributed by atoms with Crippen LogP contribution in [0.1, 0.15) is 40.5 Å². The van der Waals surface area contributed by atoms with Crippen LogP contribution in [0.3, 0.4) is 0 Å². The molecule has 0 atom stereocenters. The Morgan fingerprint density at radius 1 is 1.07 bits per heavy atom. The fourth-order valence-electron chi connectivity index (χ4n) is 2.55. The standard InChI is InChI=1S/C21H21ClN4O3S/c1-14-23-20(29-26-14)4-2-3-19(27)24-25-21(28)16-7-5-15(6-8-16)13-30-18-11-9-17(22)10-12-18/h5-12H,2-4,13H2,1H3,(H,24,27)(H,25,28). The molecule has 0 unspecified atom stereocenters. The van der Waals surface area contributed by atoms with Crippen molar-refractivity contribution in [1.29, 1.82) is 0 Å². The molecule has 2 N–H and O–H groups in total. The second-order valence-corrected chi connectivity index (χ2v) is 8.02. The van der Waals surface area contributed by atoms with Crippen LogP contribution < -0.4 is 10.9 Å². The molecule has 7 nitrogen and oxygen atoms in total. The molecule has 0 radical (unpaired) electrons. The van der Waals surface area contributed by atoms with Crippen LogP contribution in [0.2, 0.25) is 5.02 Å². The van der Waals surface area contributed by atoms with Crippen LogP contribution in [-0.2, 0) is 17.0 Å². The Kier molecular flexibility index (Phi) is 7.87. The molecule has 9 heteroatoms. The summed E-state index contributed by atoms with van der Waals surface area (Å²) in [6.45, 7) is 1.74. The summed E-state index contributed by atoms with van der Waals surface area (Å²) in [5.74, 6) is 1.19. The number of rotatable bonds is 8. The Labute approximate surface area is 183 Å². The van der Waals surface area contributed by atoms with E-state index in [9.17, 15) is 9.59 Å². The van der Waals surface area contributed by atoms with Crippen molar-refractivity contribution in [2.24, 2.45) is 0 Å². The van der Waals surface area contributed by atoms with Crippen LogP contribution in [0, 0.1) is 6.92 Å². The molecule has 2 aromatic carbocycles. The Balaban J connectivity index is 1.38. The first-order valence-electron chi connectivity index (χ1n) is 9.35. The summed E-state index contributed by atoms with van der Waals surface area (Å²) < 4.78 is 4.99. The van der Waals surface area contributed by atoms with E-state index in [1.165, 1.54) is 0 Å². The minimum absolute atomic E-state index is 0.239. The van der Waals surface area contributed by atoms with Crippen molar-refractivity contribution >= 4 is 35.2 Å². The van der Waals surface area contributed by atoms with Gasteiger partial charge in [0.2, 0.25) is 11.8 Å². The normalized spacial score (nSPS) is 10.6. The molecule has 1 heterocycles. The Morgan fingerprint density at radius 2 is 1.80 bits per heavy atom. The Morgan fingerprint density at radius 3 is 2.47 bits per heavy atom. The first kappa shape index (κ1) is 21.9. The van der Waals surface area contributed by atoms with E-state index >= 15 is 0 Å². The fourth-order valence-corrected chi connectivity index (χ4v) is 3.53. The molecule has 3 rings (SSSR count). The summed E-state index contributed by atoms with van der Waals surface area (Å²) in [6, 6.07) is 14.9. The van der Waals surface area contributed by atoms with E-state index in [1.54, 1.807) is 30.8 Å². The van der Waals surface area contributed by atoms with Crippen LogP contribution >= 0.6 is 23.4 Å². The molecule has 0 aliphatic heterocycles. The maximum absolute atomic E-state index is 12.2. The maximum Gasteiger partial charge on any atom is 0.269 e. The molecule has 0 bridgehead atoms. The molecule has 0 saturated carbocycles. The van der Waals surface area contributed by atoms with Gasteiger partial charge in [0.05, 0.1) is 0 Å². The number of carbonyl (C=O) groups is 2. The lowest BCUT2D eigenvalue weighted by Crippen LogP contribution is -2.41. The van der Waals surface area contributed by atoms with Crippen LogP contribution in [-0.4, -0.2) is 22.0 Å². The van der Waals surface area contributed by atoms with Gasteiger partial charge in [0.15, 0.2) is 5.82 Å². The van der Waals surface area contributed by atoms with E-state index in [0.29, 0.717) is 35.1 Å². The molecule has 1 aromatic heterocycles. The lowest BCUT2D eigenvalue weighted by molar-refractivity contribution is -0.121. The molecular formula is C21H21ClN4O3S. The molecular weight excluding hydrogens is 424 g/mol. The lowest BCUT2D eigenvalue weighted by atomic mass is 10.1. The van der Waals surface area contributed by atoms with Crippen molar-refractivity contribution in [3.8, 4) is 0 Å². The molecule has 0 spiro atoms. The van der Waals surface area contributed by atoms with Gasteiger partial charge in [0.1, 0.15) is 0 Å². The predicted octanol–water partition coefficient (Wildman–Crippen LogP) is 4.11. The van der Waals surface area contributed by atoms with Gasteiger partial charge < -0.3 is 4.52 Å². The molecule has 0 aliphatic rings. The van der Waals surface area contributed by atoms with Gasteiger partial charge in [-0.3, -0.25) is 20.4 Å². The Hall–Kier alpha value is -2.84. The molecule has 30 heavy (non-hydrogen) atoms. The third-order valence-electron chi connectivity index (χ3n) is 4.11. The highest BCUT2D eigenvalue weighted by Crippen LogP contribution is 2.24. The summed E-state index contributed by atoms with van der Waals surface area (Å²) in [5, 5.41) is 4.41. The van der Waals surface area contributed by atoms with Gasteiger partial charge in [-0.15, -0.1) is 11.8 Å². The predicted molar refractivity (Wildman–Crippen MR) is 115 cm³/mol. The van der Waals surface area contributed by atoms with Crippen molar-refractivity contribution in [3.63, 3.8) is 0 Å². The number of aryl methyl sites for hydroxylation is 2. The summed E-state index contributed by atoms with van der Waals surface area (Å²) in [5.41, 5.74) is 6.40. The minimum atomic E-state index is -0.368. The van der Waals surface area contributed by atoms with Crippen LogP contribution in [0.4, 0.5) is 0 Å². The molecule has 2 amide bonds.